The Morgan fingerprint density at radius 2 is 2.55 bits per heavy atom. The van der Waals surface area contributed by atoms with Gasteiger partial charge in [0.05, 0.1) is 0 Å². The monoisotopic (exact) mass is 174 g/mol. The molecule has 11 heavy (non-hydrogen) atoms. The molecule has 1 N–H and O–H groups in total. The number of carbonyl (C=O) groups excluding carboxylic acids is 1. The molecule has 2 atom stereocenters. The summed E-state index contributed by atoms with van der Waals surface area (Å²) in [5.41, 5.74) is 7.98. The Morgan fingerprint density at radius 1 is 1.91 bits per heavy atom. The Morgan fingerprint density at radius 3 is 2.91 bits per heavy atom. The standard InChI is InChI=1S/C5H11N4OP/c1-4(10)2-5(8-11)3-7-9-6/h5,8H,2-3,11H2,1H3/t5-/m0/s1. The average Bonchev–Trinajstić information content (AvgIpc) is 1.97. The molecule has 0 aliphatic heterocycles. The molecule has 0 aromatic rings. The first-order chi connectivity index (χ1) is 5.20. The number of rotatable bonds is 5. The number of carbonyl (C=O) groups is 1. The van der Waals surface area contributed by atoms with E-state index in [0.29, 0.717) is 13.0 Å². The number of nitrogens with one attached hydrogen (secondary N) is 1. The van der Waals surface area contributed by atoms with Crippen LogP contribution in [0, 0.1) is 0 Å². The third-order valence-corrected chi connectivity index (χ3v) is 1.61. The molecule has 0 fully saturated rings. The van der Waals surface area contributed by atoms with Crippen molar-refractivity contribution in [1.82, 2.24) is 5.09 Å². The van der Waals surface area contributed by atoms with E-state index in [9.17, 15) is 4.79 Å². The lowest BCUT2D eigenvalue weighted by Crippen LogP contribution is -2.25. The lowest BCUT2D eigenvalue weighted by Gasteiger charge is -2.09. The van der Waals surface area contributed by atoms with E-state index in [1.165, 1.54) is 6.92 Å². The van der Waals surface area contributed by atoms with Gasteiger partial charge in [-0.05, 0) is 12.5 Å². The first kappa shape index (κ1) is 10.4. The van der Waals surface area contributed by atoms with Crippen LogP contribution in [0.1, 0.15) is 13.3 Å². The highest BCUT2D eigenvalue weighted by Gasteiger charge is 2.06. The van der Waals surface area contributed by atoms with Crippen molar-refractivity contribution in [2.45, 2.75) is 19.4 Å². The van der Waals surface area contributed by atoms with Gasteiger partial charge in [0, 0.05) is 23.9 Å². The van der Waals surface area contributed by atoms with Crippen molar-refractivity contribution < 1.29 is 4.79 Å². The van der Waals surface area contributed by atoms with Crippen LogP contribution in [0.3, 0.4) is 0 Å². The van der Waals surface area contributed by atoms with Gasteiger partial charge in [-0.1, -0.05) is 14.5 Å². The van der Waals surface area contributed by atoms with Crippen molar-refractivity contribution in [3.8, 4) is 0 Å². The summed E-state index contributed by atoms with van der Waals surface area (Å²) in [6.45, 7) is 1.81. The highest BCUT2D eigenvalue weighted by Crippen LogP contribution is 1.96. The summed E-state index contributed by atoms with van der Waals surface area (Å²) in [6.07, 6.45) is 0.391. The van der Waals surface area contributed by atoms with Crippen LogP contribution in [0.2, 0.25) is 0 Å². The molecule has 0 heterocycles. The number of ketones is 1. The molecule has 0 radical (unpaired) electrons. The summed E-state index contributed by atoms with van der Waals surface area (Å²) >= 11 is 0. The van der Waals surface area contributed by atoms with Gasteiger partial charge in [-0.25, -0.2) is 0 Å². The maximum atomic E-state index is 10.6. The lowest BCUT2D eigenvalue weighted by molar-refractivity contribution is -0.117. The average molecular weight is 174 g/mol. The Labute approximate surface area is 67.4 Å². The molecule has 62 valence electrons. The zero-order valence-electron chi connectivity index (χ0n) is 6.32. The van der Waals surface area contributed by atoms with E-state index in [2.05, 4.69) is 24.5 Å². The molecular formula is C5H11N4OP. The summed E-state index contributed by atoms with van der Waals surface area (Å²) < 4.78 is 0. The largest absolute Gasteiger partial charge is 0.300 e. The molecule has 1 unspecified atom stereocenters. The molecule has 0 rings (SSSR count). The van der Waals surface area contributed by atoms with E-state index >= 15 is 0 Å². The van der Waals surface area contributed by atoms with Crippen LogP contribution in [-0.2, 0) is 4.79 Å². The van der Waals surface area contributed by atoms with Crippen LogP contribution in [0.25, 0.3) is 10.4 Å². The first-order valence-corrected chi connectivity index (χ1v) is 3.75. The second-order valence-corrected chi connectivity index (χ2v) is 2.52. The maximum absolute atomic E-state index is 10.6. The van der Waals surface area contributed by atoms with E-state index in [1.54, 1.807) is 0 Å². The van der Waals surface area contributed by atoms with Crippen LogP contribution < -0.4 is 5.09 Å². The van der Waals surface area contributed by atoms with Gasteiger partial charge in [0.15, 0.2) is 0 Å². The van der Waals surface area contributed by atoms with E-state index in [4.69, 9.17) is 5.53 Å². The Hall–Kier alpha value is -0.630. The van der Waals surface area contributed by atoms with Gasteiger partial charge < -0.3 is 0 Å². The van der Waals surface area contributed by atoms with E-state index in [-0.39, 0.29) is 11.8 Å². The van der Waals surface area contributed by atoms with Crippen molar-refractivity contribution in [3.63, 3.8) is 0 Å². The fourth-order valence-corrected chi connectivity index (χ4v) is 0.882. The smallest absolute Gasteiger partial charge is 0.131 e. The highest BCUT2D eigenvalue weighted by atomic mass is 31.0. The van der Waals surface area contributed by atoms with E-state index in [1.807, 2.05) is 0 Å². The molecule has 6 heteroatoms. The number of Topliss-reactive ketones (excluding diaryl/α,β-unsaturated/α-hetero) is 1. The molecule has 5 nitrogen and oxygen atoms in total. The number of hydrogen-bond acceptors (Lipinski definition) is 3. The second-order valence-electron chi connectivity index (χ2n) is 2.18. The van der Waals surface area contributed by atoms with Crippen LogP contribution in [0.4, 0.5) is 0 Å². The van der Waals surface area contributed by atoms with Crippen molar-refractivity contribution in [1.29, 1.82) is 0 Å². The van der Waals surface area contributed by atoms with Gasteiger partial charge in [0.25, 0.3) is 0 Å². The predicted molar refractivity (Wildman–Crippen MR) is 45.9 cm³/mol. The third kappa shape index (κ3) is 5.80. The summed E-state index contributed by atoms with van der Waals surface area (Å²) in [7, 11) is 2.29. The minimum absolute atomic E-state index is 0.0617. The van der Waals surface area contributed by atoms with Gasteiger partial charge in [-0.15, -0.1) is 0 Å². The van der Waals surface area contributed by atoms with Crippen LogP contribution in [0.15, 0.2) is 5.11 Å². The maximum Gasteiger partial charge on any atom is 0.131 e. The van der Waals surface area contributed by atoms with Crippen molar-refractivity contribution in [2.24, 2.45) is 5.11 Å². The molecule has 0 aromatic heterocycles. The Balaban J connectivity index is 3.75. The minimum atomic E-state index is -0.0617. The van der Waals surface area contributed by atoms with Crippen molar-refractivity contribution >= 4 is 15.2 Å². The van der Waals surface area contributed by atoms with Crippen LogP contribution >= 0.6 is 9.39 Å². The number of hydrogen-bond donors (Lipinski definition) is 1. The molecule has 0 spiro atoms. The number of azide groups is 1. The minimum Gasteiger partial charge on any atom is -0.300 e. The fraction of sp³-hybridized carbons (Fsp3) is 0.800. The molecular weight excluding hydrogens is 163 g/mol. The van der Waals surface area contributed by atoms with Crippen LogP contribution in [-0.4, -0.2) is 18.4 Å². The highest BCUT2D eigenvalue weighted by molar-refractivity contribution is 7.13. The lowest BCUT2D eigenvalue weighted by atomic mass is 10.2. The van der Waals surface area contributed by atoms with Gasteiger partial charge in [0.2, 0.25) is 0 Å². The second kappa shape index (κ2) is 6.10. The molecule has 0 aliphatic carbocycles. The fourth-order valence-electron chi connectivity index (χ4n) is 0.658. The van der Waals surface area contributed by atoms with E-state index < -0.39 is 0 Å². The van der Waals surface area contributed by atoms with Crippen molar-refractivity contribution in [3.05, 3.63) is 10.4 Å². The topological polar surface area (TPSA) is 77.9 Å². The van der Waals surface area contributed by atoms with Gasteiger partial charge in [-0.2, -0.15) is 0 Å². The zero-order chi connectivity index (χ0) is 8.69. The van der Waals surface area contributed by atoms with E-state index in [0.717, 1.165) is 0 Å². The Bertz CT molecular complexity index is 173. The quantitative estimate of drug-likeness (QED) is 0.292. The van der Waals surface area contributed by atoms with Gasteiger partial charge >= 0.3 is 0 Å². The third-order valence-electron chi connectivity index (χ3n) is 1.13. The predicted octanol–water partition coefficient (Wildman–Crippen LogP) is 1.02. The van der Waals surface area contributed by atoms with Gasteiger partial charge in [0.1, 0.15) is 5.78 Å². The molecule has 0 bridgehead atoms. The molecule has 0 saturated carbocycles. The summed E-state index contributed by atoms with van der Waals surface area (Å²) in [5, 5.41) is 6.15. The summed E-state index contributed by atoms with van der Waals surface area (Å²) in [6, 6.07) is -0.0617. The number of nitrogens with zero attached hydrogens (tertiary/aromatic N) is 3. The molecule has 0 amide bonds. The zero-order valence-corrected chi connectivity index (χ0v) is 7.47. The normalized spacial score (nSPS) is 11.8. The summed E-state index contributed by atoms with van der Waals surface area (Å²) in [5.74, 6) is 0.0816. The van der Waals surface area contributed by atoms with Crippen LogP contribution in [0.5, 0.6) is 0 Å². The molecule has 0 aliphatic rings. The SMILES string of the molecule is CC(=O)C[C@@H](CN=[N+]=[N-])NP. The Kier molecular flexibility index (Phi) is 5.75. The summed E-state index contributed by atoms with van der Waals surface area (Å²) in [4.78, 5) is 13.2. The molecule has 0 aromatic carbocycles. The first-order valence-electron chi connectivity index (χ1n) is 3.17. The van der Waals surface area contributed by atoms with Crippen molar-refractivity contribution in [2.75, 3.05) is 6.54 Å². The molecule has 0 saturated heterocycles. The van der Waals surface area contributed by atoms with Gasteiger partial charge in [-0.3, -0.25) is 9.88 Å².